The highest BCUT2D eigenvalue weighted by Crippen LogP contribution is 2.13. The van der Waals surface area contributed by atoms with E-state index < -0.39 is 0 Å². The van der Waals surface area contributed by atoms with Crippen molar-refractivity contribution in [2.24, 2.45) is 0 Å². The average Bonchev–Trinajstić information content (AvgIpc) is 1.27. The van der Waals surface area contributed by atoms with Crippen molar-refractivity contribution in [3.63, 3.8) is 0 Å². The van der Waals surface area contributed by atoms with Gasteiger partial charge in [-0.1, -0.05) is 0 Å². The minimum atomic E-state index is 0. The van der Waals surface area contributed by atoms with Gasteiger partial charge in [0.15, 0.2) is 0 Å². The topological polar surface area (TPSA) is 6.48 Å². The SMILES string of the molecule is CN(C)[P]N(C)C.Cl. The second-order valence-corrected chi connectivity index (χ2v) is 3.56. The lowest BCUT2D eigenvalue weighted by Crippen LogP contribution is -2.07. The number of hydrogen-bond donors (Lipinski definition) is 0. The molecule has 0 atom stereocenters. The predicted molar refractivity (Wildman–Crippen MR) is 41.5 cm³/mol. The zero-order valence-corrected chi connectivity index (χ0v) is 7.46. The maximum Gasteiger partial charge on any atom is 0.0964 e. The zero-order chi connectivity index (χ0) is 5.86. The van der Waals surface area contributed by atoms with E-state index in [1.807, 2.05) is 28.2 Å². The van der Waals surface area contributed by atoms with Crippen LogP contribution in [0.1, 0.15) is 0 Å². The molecule has 51 valence electrons. The van der Waals surface area contributed by atoms with Gasteiger partial charge in [-0.25, -0.2) is 0 Å². The quantitative estimate of drug-likeness (QED) is 0.555. The molecule has 2 nitrogen and oxygen atoms in total. The van der Waals surface area contributed by atoms with Gasteiger partial charge in [0, 0.05) is 0 Å². The molecule has 0 heterocycles. The Bertz CT molecular complexity index is 43.3. The fraction of sp³-hybridized carbons (Fsp3) is 1.00. The van der Waals surface area contributed by atoms with Crippen LogP contribution in [0.15, 0.2) is 0 Å². The number of nitrogens with zero attached hydrogens (tertiary/aromatic N) is 2. The first-order valence-corrected chi connectivity index (χ1v) is 2.99. The molecule has 0 aliphatic rings. The minimum absolute atomic E-state index is 0. The highest BCUT2D eigenvalue weighted by molar-refractivity contribution is 7.32. The third-order valence-electron chi connectivity index (χ3n) is 0.358. The molecule has 0 bridgehead atoms. The molecule has 0 N–H and O–H groups in total. The number of hydrogen-bond acceptors (Lipinski definition) is 2. The summed E-state index contributed by atoms with van der Waals surface area (Å²) < 4.78 is 4.19. The van der Waals surface area contributed by atoms with Crippen LogP contribution >= 0.6 is 21.3 Å². The summed E-state index contributed by atoms with van der Waals surface area (Å²) in [5, 5.41) is 0. The molecule has 1 radical (unpaired) electrons. The maximum absolute atomic E-state index is 2.10. The van der Waals surface area contributed by atoms with Crippen molar-refractivity contribution in [3.05, 3.63) is 0 Å². The van der Waals surface area contributed by atoms with Crippen LogP contribution < -0.4 is 0 Å². The Labute approximate surface area is 59.5 Å². The minimum Gasteiger partial charge on any atom is -0.271 e. The summed E-state index contributed by atoms with van der Waals surface area (Å²) >= 11 is 0. The largest absolute Gasteiger partial charge is 0.271 e. The van der Waals surface area contributed by atoms with E-state index in [1.165, 1.54) is 8.88 Å². The van der Waals surface area contributed by atoms with Crippen molar-refractivity contribution in [3.8, 4) is 0 Å². The van der Waals surface area contributed by atoms with Crippen LogP contribution in [-0.2, 0) is 0 Å². The summed E-state index contributed by atoms with van der Waals surface area (Å²) in [6.07, 6.45) is 0. The molecule has 0 unspecified atom stereocenters. The first kappa shape index (κ1) is 11.4. The molecule has 0 rings (SSSR count). The Morgan fingerprint density at radius 2 is 1.12 bits per heavy atom. The lowest BCUT2D eigenvalue weighted by atomic mass is 11.3. The van der Waals surface area contributed by atoms with Crippen LogP contribution in [0.5, 0.6) is 0 Å². The second kappa shape index (κ2) is 5.77. The smallest absolute Gasteiger partial charge is 0.0964 e. The van der Waals surface area contributed by atoms with Gasteiger partial charge < -0.3 is 0 Å². The third-order valence-corrected chi connectivity index (χ3v) is 1.07. The van der Waals surface area contributed by atoms with Gasteiger partial charge in [-0.3, -0.25) is 9.34 Å². The first-order valence-electron chi connectivity index (χ1n) is 2.19. The van der Waals surface area contributed by atoms with Crippen LogP contribution in [-0.4, -0.2) is 37.5 Å². The van der Waals surface area contributed by atoms with Crippen LogP contribution in [0.3, 0.4) is 0 Å². The molecular formula is C4H13ClN2P. The molecular weight excluding hydrogens is 142 g/mol. The number of halogens is 1. The Morgan fingerprint density at radius 1 is 0.875 bits per heavy atom. The molecule has 0 amide bonds. The van der Waals surface area contributed by atoms with Gasteiger partial charge in [0.1, 0.15) is 0 Å². The molecule has 0 aromatic rings. The second-order valence-electron chi connectivity index (χ2n) is 1.78. The molecule has 0 saturated carbocycles. The molecule has 8 heavy (non-hydrogen) atoms. The van der Waals surface area contributed by atoms with E-state index in [4.69, 9.17) is 0 Å². The van der Waals surface area contributed by atoms with E-state index in [0.717, 1.165) is 0 Å². The first-order chi connectivity index (χ1) is 3.13. The molecule has 0 aliphatic heterocycles. The number of rotatable bonds is 2. The van der Waals surface area contributed by atoms with Crippen LogP contribution in [0.2, 0.25) is 0 Å². The molecule has 4 heteroatoms. The summed E-state index contributed by atoms with van der Waals surface area (Å²) in [6.45, 7) is 0. The Morgan fingerprint density at radius 3 is 1.12 bits per heavy atom. The molecule has 0 aromatic carbocycles. The molecule has 0 fully saturated rings. The van der Waals surface area contributed by atoms with Gasteiger partial charge in [0.2, 0.25) is 0 Å². The normalized spacial score (nSPS) is 9.75. The Balaban J connectivity index is 0. The van der Waals surface area contributed by atoms with Gasteiger partial charge in [-0.05, 0) is 28.2 Å². The van der Waals surface area contributed by atoms with E-state index in [9.17, 15) is 0 Å². The third kappa shape index (κ3) is 9.81. The van der Waals surface area contributed by atoms with Crippen molar-refractivity contribution < 1.29 is 0 Å². The summed E-state index contributed by atoms with van der Waals surface area (Å²) in [4.78, 5) is 0. The fourth-order valence-electron chi connectivity index (χ4n) is 0.358. The van der Waals surface area contributed by atoms with Gasteiger partial charge in [0.05, 0.1) is 8.88 Å². The zero-order valence-electron chi connectivity index (χ0n) is 5.75. The highest BCUT2D eigenvalue weighted by atomic mass is 35.5. The van der Waals surface area contributed by atoms with E-state index in [1.54, 1.807) is 0 Å². The maximum atomic E-state index is 2.10. The van der Waals surface area contributed by atoms with E-state index >= 15 is 0 Å². The summed E-state index contributed by atoms with van der Waals surface area (Å²) in [7, 11) is 9.42. The molecule has 0 aliphatic carbocycles. The fourth-order valence-corrected chi connectivity index (χ4v) is 1.07. The predicted octanol–water partition coefficient (Wildman–Crippen LogP) is 1.31. The summed E-state index contributed by atoms with van der Waals surface area (Å²) in [5.74, 6) is 0. The standard InChI is InChI=1S/C4H12N2P.ClH/c1-5(2)7-6(3)4;/h1-4H3;1H. The van der Waals surface area contributed by atoms with Crippen LogP contribution in [0, 0.1) is 0 Å². The Hall–Kier alpha value is 0.640. The molecule has 0 aromatic heterocycles. The van der Waals surface area contributed by atoms with Crippen molar-refractivity contribution in [1.82, 2.24) is 9.34 Å². The van der Waals surface area contributed by atoms with Crippen LogP contribution in [0.25, 0.3) is 0 Å². The van der Waals surface area contributed by atoms with Gasteiger partial charge in [0.25, 0.3) is 0 Å². The summed E-state index contributed by atoms with van der Waals surface area (Å²) in [6, 6.07) is 0. The monoisotopic (exact) mass is 155 g/mol. The summed E-state index contributed by atoms with van der Waals surface area (Å²) in [5.41, 5.74) is 0. The van der Waals surface area contributed by atoms with Crippen molar-refractivity contribution in [2.75, 3.05) is 28.2 Å². The van der Waals surface area contributed by atoms with Crippen LogP contribution in [0.4, 0.5) is 0 Å². The molecule has 0 saturated heterocycles. The Kier molecular flexibility index (Phi) is 8.25. The van der Waals surface area contributed by atoms with Gasteiger partial charge >= 0.3 is 0 Å². The van der Waals surface area contributed by atoms with E-state index in [0.29, 0.717) is 0 Å². The van der Waals surface area contributed by atoms with E-state index in [2.05, 4.69) is 9.34 Å². The average molecular weight is 156 g/mol. The van der Waals surface area contributed by atoms with Gasteiger partial charge in [-0.2, -0.15) is 0 Å². The lowest BCUT2D eigenvalue weighted by Gasteiger charge is -2.12. The van der Waals surface area contributed by atoms with Gasteiger partial charge in [-0.15, -0.1) is 12.4 Å². The lowest BCUT2D eigenvalue weighted by molar-refractivity contribution is 0.596. The van der Waals surface area contributed by atoms with Crippen molar-refractivity contribution in [1.29, 1.82) is 0 Å². The van der Waals surface area contributed by atoms with Crippen molar-refractivity contribution >= 4 is 21.3 Å². The van der Waals surface area contributed by atoms with Crippen molar-refractivity contribution in [2.45, 2.75) is 0 Å². The van der Waals surface area contributed by atoms with E-state index in [-0.39, 0.29) is 12.4 Å². The highest BCUT2D eigenvalue weighted by Gasteiger charge is 1.90. The molecule has 0 spiro atoms.